The number of amides is 1. The molecule has 1 amide bonds. The maximum atomic E-state index is 11.8. The number of nitrogens with zero attached hydrogens (tertiary/aromatic N) is 3. The molecule has 8 nitrogen and oxygen atoms in total. The fraction of sp³-hybridized carbons (Fsp3) is 0.214. The van der Waals surface area contributed by atoms with E-state index in [2.05, 4.69) is 20.7 Å². The molecule has 0 aliphatic carbocycles. The van der Waals surface area contributed by atoms with Crippen molar-refractivity contribution in [1.29, 1.82) is 0 Å². The smallest absolute Gasteiger partial charge is 0.282 e. The molecule has 2 rings (SSSR count). The van der Waals surface area contributed by atoms with E-state index in [1.165, 1.54) is 18.3 Å². The molecule has 1 heterocycles. The Morgan fingerprint density at radius 1 is 1.41 bits per heavy atom. The van der Waals surface area contributed by atoms with Crippen LogP contribution in [-0.4, -0.2) is 27.2 Å². The summed E-state index contributed by atoms with van der Waals surface area (Å²) in [6.45, 7) is 3.98. The molecule has 114 valence electrons. The number of hydrogen-bond donors (Lipinski definition) is 2. The van der Waals surface area contributed by atoms with Crippen molar-refractivity contribution in [2.75, 3.05) is 0 Å². The first-order valence-corrected chi connectivity index (χ1v) is 6.60. The second kappa shape index (κ2) is 6.61. The molecule has 22 heavy (non-hydrogen) atoms. The van der Waals surface area contributed by atoms with Crippen LogP contribution in [0.25, 0.3) is 0 Å². The van der Waals surface area contributed by atoms with Crippen molar-refractivity contribution in [3.8, 4) is 0 Å². The van der Waals surface area contributed by atoms with Gasteiger partial charge in [0.25, 0.3) is 11.6 Å². The minimum absolute atomic E-state index is 0.000997. The van der Waals surface area contributed by atoms with Crippen molar-refractivity contribution in [3.05, 3.63) is 57.4 Å². The summed E-state index contributed by atoms with van der Waals surface area (Å²) in [5.74, 6) is -0.182. The molecular formula is C14H15N5O3. The predicted molar refractivity (Wildman–Crippen MR) is 80.8 cm³/mol. The average molecular weight is 301 g/mol. The lowest BCUT2D eigenvalue weighted by Gasteiger charge is -1.97. The number of aromatic amines is 1. The predicted octanol–water partition coefficient (Wildman–Crippen LogP) is 2.21. The van der Waals surface area contributed by atoms with E-state index in [9.17, 15) is 14.9 Å². The molecule has 0 radical (unpaired) electrons. The zero-order valence-corrected chi connectivity index (χ0v) is 12.1. The number of aromatic nitrogens is 2. The number of carbonyl (C=O) groups is 1. The van der Waals surface area contributed by atoms with E-state index in [1.54, 1.807) is 18.2 Å². The summed E-state index contributed by atoms with van der Waals surface area (Å²) in [6, 6.07) is 7.48. The molecule has 0 saturated heterocycles. The van der Waals surface area contributed by atoms with Crippen LogP contribution in [0.3, 0.4) is 0 Å². The van der Waals surface area contributed by atoms with Gasteiger partial charge in [0.05, 0.1) is 11.1 Å². The Morgan fingerprint density at radius 3 is 2.64 bits per heavy atom. The zero-order chi connectivity index (χ0) is 16.1. The topological polar surface area (TPSA) is 113 Å². The van der Waals surface area contributed by atoms with Crippen LogP contribution in [-0.2, 0) is 0 Å². The highest BCUT2D eigenvalue weighted by Crippen LogP contribution is 2.12. The molecule has 1 aromatic heterocycles. The summed E-state index contributed by atoms with van der Waals surface area (Å²) in [5, 5.41) is 21.0. The third-order valence-electron chi connectivity index (χ3n) is 2.94. The fourth-order valence-corrected chi connectivity index (χ4v) is 1.65. The number of hydrogen-bond acceptors (Lipinski definition) is 5. The summed E-state index contributed by atoms with van der Waals surface area (Å²) in [4.78, 5) is 21.9. The van der Waals surface area contributed by atoms with Crippen LogP contribution >= 0.6 is 0 Å². The van der Waals surface area contributed by atoms with Crippen molar-refractivity contribution in [3.63, 3.8) is 0 Å². The maximum Gasteiger partial charge on any atom is 0.291 e. The first-order chi connectivity index (χ1) is 10.5. The number of non-ortho nitro benzene ring substituents is 1. The molecule has 0 spiro atoms. The highest BCUT2D eigenvalue weighted by atomic mass is 16.6. The van der Waals surface area contributed by atoms with Gasteiger partial charge in [-0.15, -0.1) is 0 Å². The Bertz CT molecular complexity index is 704. The Morgan fingerprint density at radius 2 is 2.09 bits per heavy atom. The second-order valence-electron chi connectivity index (χ2n) is 4.91. The molecule has 0 fully saturated rings. The summed E-state index contributed by atoms with van der Waals surface area (Å²) in [7, 11) is 0. The Kier molecular flexibility index (Phi) is 4.62. The third-order valence-corrected chi connectivity index (χ3v) is 2.94. The molecule has 1 aromatic carbocycles. The van der Waals surface area contributed by atoms with Gasteiger partial charge in [-0.1, -0.05) is 13.8 Å². The quantitative estimate of drug-likeness (QED) is 0.500. The lowest BCUT2D eigenvalue weighted by molar-refractivity contribution is -0.384. The van der Waals surface area contributed by atoms with E-state index in [0.717, 1.165) is 5.69 Å². The van der Waals surface area contributed by atoms with E-state index >= 15 is 0 Å². The van der Waals surface area contributed by atoms with Crippen LogP contribution in [0.15, 0.2) is 35.4 Å². The number of nitro groups is 1. The maximum absolute atomic E-state index is 11.8. The van der Waals surface area contributed by atoms with Gasteiger partial charge in [0.15, 0.2) is 5.69 Å². The fourth-order valence-electron chi connectivity index (χ4n) is 1.65. The van der Waals surface area contributed by atoms with Crippen molar-refractivity contribution < 1.29 is 9.72 Å². The first-order valence-electron chi connectivity index (χ1n) is 6.60. The first kappa shape index (κ1) is 15.4. The number of nitro benzene ring substituents is 1. The van der Waals surface area contributed by atoms with Crippen LogP contribution in [0.4, 0.5) is 5.69 Å². The van der Waals surface area contributed by atoms with Crippen LogP contribution in [0.2, 0.25) is 0 Å². The van der Waals surface area contributed by atoms with Gasteiger partial charge < -0.3 is 0 Å². The highest BCUT2D eigenvalue weighted by Gasteiger charge is 2.11. The molecule has 8 heteroatoms. The third kappa shape index (κ3) is 3.75. The van der Waals surface area contributed by atoms with E-state index in [0.29, 0.717) is 5.56 Å². The van der Waals surface area contributed by atoms with Gasteiger partial charge in [-0.2, -0.15) is 10.2 Å². The summed E-state index contributed by atoms with van der Waals surface area (Å²) >= 11 is 0. The summed E-state index contributed by atoms with van der Waals surface area (Å²) < 4.78 is 0. The Balaban J connectivity index is 1.96. The number of nitrogens with one attached hydrogen (secondary N) is 2. The van der Waals surface area contributed by atoms with Crippen molar-refractivity contribution >= 4 is 17.8 Å². The van der Waals surface area contributed by atoms with E-state index < -0.39 is 10.8 Å². The molecule has 0 atom stereocenters. The highest BCUT2D eigenvalue weighted by molar-refractivity contribution is 5.93. The Labute approximate surface area is 126 Å². The monoisotopic (exact) mass is 301 g/mol. The number of H-pyrrole nitrogens is 1. The minimum Gasteiger partial charge on any atom is -0.282 e. The van der Waals surface area contributed by atoms with Gasteiger partial charge in [-0.05, 0) is 29.7 Å². The van der Waals surface area contributed by atoms with Crippen LogP contribution in [0.5, 0.6) is 0 Å². The normalized spacial score (nSPS) is 11.0. The molecule has 0 aliphatic heterocycles. The molecule has 2 N–H and O–H groups in total. The summed E-state index contributed by atoms with van der Waals surface area (Å²) in [6.07, 6.45) is 1.40. The van der Waals surface area contributed by atoms with Crippen molar-refractivity contribution in [2.45, 2.75) is 19.8 Å². The van der Waals surface area contributed by atoms with Gasteiger partial charge in [0, 0.05) is 17.8 Å². The van der Waals surface area contributed by atoms with Crippen molar-refractivity contribution in [1.82, 2.24) is 15.6 Å². The van der Waals surface area contributed by atoms with Gasteiger partial charge in [0.1, 0.15) is 0 Å². The largest absolute Gasteiger partial charge is 0.291 e. The number of hydrazone groups is 1. The number of carbonyl (C=O) groups excluding carboxylic acids is 1. The molecule has 0 aliphatic rings. The molecule has 0 bridgehead atoms. The van der Waals surface area contributed by atoms with Crippen LogP contribution in [0, 0.1) is 10.1 Å². The lowest BCUT2D eigenvalue weighted by atomic mass is 10.1. The second-order valence-corrected chi connectivity index (χ2v) is 4.91. The minimum atomic E-state index is -0.480. The number of benzene rings is 1. The van der Waals surface area contributed by atoms with E-state index in [4.69, 9.17) is 0 Å². The zero-order valence-electron chi connectivity index (χ0n) is 12.1. The van der Waals surface area contributed by atoms with Crippen molar-refractivity contribution in [2.24, 2.45) is 5.10 Å². The standard InChI is InChI=1S/C14H15N5O3/c1-9(2)12-7-13(17-16-12)14(20)18-15-8-10-3-5-11(6-4-10)19(21)22/h3-9H,1-2H3,(H,16,17)(H,18,20). The molecule has 0 saturated carbocycles. The van der Waals surface area contributed by atoms with Gasteiger partial charge >= 0.3 is 0 Å². The van der Waals surface area contributed by atoms with Gasteiger partial charge in [-0.25, -0.2) is 5.43 Å². The number of rotatable bonds is 5. The lowest BCUT2D eigenvalue weighted by Crippen LogP contribution is -2.18. The molecule has 2 aromatic rings. The van der Waals surface area contributed by atoms with Crippen LogP contribution in [0.1, 0.15) is 41.5 Å². The van der Waals surface area contributed by atoms with Gasteiger partial charge in [0.2, 0.25) is 0 Å². The van der Waals surface area contributed by atoms with Gasteiger partial charge in [-0.3, -0.25) is 20.0 Å². The van der Waals surface area contributed by atoms with E-state index in [-0.39, 0.29) is 17.3 Å². The van der Waals surface area contributed by atoms with Crippen LogP contribution < -0.4 is 5.43 Å². The summed E-state index contributed by atoms with van der Waals surface area (Å²) in [5.41, 5.74) is 4.10. The average Bonchev–Trinajstić information content (AvgIpc) is 2.98. The SMILES string of the molecule is CC(C)c1cc(C(=O)NN=Cc2ccc([N+](=O)[O-])cc2)n[nH]1. The molecular weight excluding hydrogens is 286 g/mol. The Hall–Kier alpha value is -3.03. The van der Waals surface area contributed by atoms with E-state index in [1.807, 2.05) is 13.8 Å². The molecule has 0 unspecified atom stereocenters.